The molecule has 1 fully saturated rings. The third-order valence-corrected chi connectivity index (χ3v) is 7.23. The standard InChI is InChI=1S/C31H37N3O6/c1-4-38-29(35)25-17-24(25)28-26(30(36)39-15-7-11-22-9-5-13-32-18-22)20(2)34-21(3)27(28)31(37)40-16-8-12-23-10-6-14-33-19-23/h5-6,9-10,13-14,18-19,24-25,28,34H,4,7-8,11-12,15-17H2,1-3H3. The van der Waals surface area contributed by atoms with Crippen molar-refractivity contribution in [1.82, 2.24) is 15.3 Å². The van der Waals surface area contributed by atoms with Crippen LogP contribution in [0, 0.1) is 17.8 Å². The number of nitrogens with zero attached hydrogens (tertiary/aromatic N) is 2. The molecule has 0 saturated heterocycles. The molecule has 0 radical (unpaired) electrons. The Morgan fingerprint density at radius 1 is 0.850 bits per heavy atom. The lowest BCUT2D eigenvalue weighted by Gasteiger charge is -2.30. The van der Waals surface area contributed by atoms with Gasteiger partial charge in [-0.15, -0.1) is 0 Å². The summed E-state index contributed by atoms with van der Waals surface area (Å²) in [6.07, 6.45) is 10.3. The number of hydrogen-bond donors (Lipinski definition) is 1. The molecule has 0 spiro atoms. The summed E-state index contributed by atoms with van der Waals surface area (Å²) in [7, 11) is 0. The zero-order valence-electron chi connectivity index (χ0n) is 23.4. The van der Waals surface area contributed by atoms with Crippen LogP contribution in [0.2, 0.25) is 0 Å². The third-order valence-electron chi connectivity index (χ3n) is 7.23. The Morgan fingerprint density at radius 3 is 1.82 bits per heavy atom. The van der Waals surface area contributed by atoms with Crippen LogP contribution in [-0.4, -0.2) is 47.7 Å². The van der Waals surface area contributed by atoms with Crippen molar-refractivity contribution in [2.75, 3.05) is 19.8 Å². The number of carbonyl (C=O) groups excluding carboxylic acids is 3. The fourth-order valence-electron chi connectivity index (χ4n) is 5.25. The van der Waals surface area contributed by atoms with E-state index >= 15 is 0 Å². The molecule has 1 aliphatic carbocycles. The van der Waals surface area contributed by atoms with Crippen molar-refractivity contribution in [3.63, 3.8) is 0 Å². The van der Waals surface area contributed by atoms with Crippen molar-refractivity contribution in [3.8, 4) is 0 Å². The first-order chi connectivity index (χ1) is 19.4. The second-order valence-corrected chi connectivity index (χ2v) is 10.1. The lowest BCUT2D eigenvalue weighted by Crippen LogP contribution is -2.35. The van der Waals surface area contributed by atoms with Gasteiger partial charge in [0.15, 0.2) is 0 Å². The van der Waals surface area contributed by atoms with E-state index in [0.717, 1.165) is 24.0 Å². The Balaban J connectivity index is 1.45. The fraction of sp³-hybridized carbons (Fsp3) is 0.452. The number of aryl methyl sites for hydroxylation is 2. The maximum absolute atomic E-state index is 13.4. The summed E-state index contributed by atoms with van der Waals surface area (Å²) in [6, 6.07) is 7.70. The molecular formula is C31H37N3O6. The number of rotatable bonds is 13. The molecule has 40 heavy (non-hydrogen) atoms. The quantitative estimate of drug-likeness (QED) is 0.225. The van der Waals surface area contributed by atoms with E-state index in [2.05, 4.69) is 15.3 Å². The van der Waals surface area contributed by atoms with Gasteiger partial charge in [0.2, 0.25) is 0 Å². The van der Waals surface area contributed by atoms with Gasteiger partial charge >= 0.3 is 17.9 Å². The van der Waals surface area contributed by atoms with Gasteiger partial charge in [0.25, 0.3) is 0 Å². The number of carbonyl (C=O) groups is 3. The topological polar surface area (TPSA) is 117 Å². The minimum absolute atomic E-state index is 0.222. The number of nitrogens with one attached hydrogen (secondary N) is 1. The summed E-state index contributed by atoms with van der Waals surface area (Å²) in [5.74, 6) is -2.55. The first kappa shape index (κ1) is 29.0. The summed E-state index contributed by atoms with van der Waals surface area (Å²) >= 11 is 0. The highest BCUT2D eigenvalue weighted by Gasteiger charge is 2.55. The number of hydrogen-bond acceptors (Lipinski definition) is 9. The minimum atomic E-state index is -0.618. The predicted molar refractivity (Wildman–Crippen MR) is 147 cm³/mol. The molecule has 2 aromatic heterocycles. The second-order valence-electron chi connectivity index (χ2n) is 10.1. The minimum Gasteiger partial charge on any atom is -0.466 e. The van der Waals surface area contributed by atoms with E-state index in [1.54, 1.807) is 45.6 Å². The molecule has 3 heterocycles. The smallest absolute Gasteiger partial charge is 0.336 e. The number of pyridine rings is 2. The van der Waals surface area contributed by atoms with Crippen molar-refractivity contribution in [3.05, 3.63) is 82.7 Å². The van der Waals surface area contributed by atoms with Gasteiger partial charge in [-0.2, -0.15) is 0 Å². The van der Waals surface area contributed by atoms with Crippen LogP contribution in [0.1, 0.15) is 51.2 Å². The maximum Gasteiger partial charge on any atom is 0.336 e. The highest BCUT2D eigenvalue weighted by molar-refractivity contribution is 5.98. The molecule has 2 aromatic rings. The van der Waals surface area contributed by atoms with E-state index in [9.17, 15) is 14.4 Å². The van der Waals surface area contributed by atoms with Gasteiger partial charge in [-0.05, 0) is 82.1 Å². The van der Waals surface area contributed by atoms with Crippen molar-refractivity contribution < 1.29 is 28.6 Å². The van der Waals surface area contributed by atoms with Crippen molar-refractivity contribution >= 4 is 17.9 Å². The number of aromatic nitrogens is 2. The Morgan fingerprint density at radius 2 is 1.38 bits per heavy atom. The Labute approximate surface area is 235 Å². The Hall–Kier alpha value is -4.01. The van der Waals surface area contributed by atoms with Crippen molar-refractivity contribution in [2.24, 2.45) is 17.8 Å². The monoisotopic (exact) mass is 547 g/mol. The molecular weight excluding hydrogens is 510 g/mol. The average Bonchev–Trinajstić information content (AvgIpc) is 3.75. The fourth-order valence-corrected chi connectivity index (χ4v) is 5.25. The van der Waals surface area contributed by atoms with Gasteiger partial charge in [0.1, 0.15) is 0 Å². The molecule has 9 heteroatoms. The molecule has 212 valence electrons. The van der Waals surface area contributed by atoms with E-state index in [4.69, 9.17) is 14.2 Å². The van der Waals surface area contributed by atoms with E-state index < -0.39 is 17.9 Å². The Kier molecular flexibility index (Phi) is 10.0. The number of esters is 3. The summed E-state index contributed by atoms with van der Waals surface area (Å²) in [4.78, 5) is 47.6. The SMILES string of the molecule is CCOC(=O)C1CC1C1C(C(=O)OCCCc2cccnc2)=C(C)NC(C)=C1C(=O)OCCCc1cccnc1. The van der Waals surface area contributed by atoms with Crippen LogP contribution in [0.5, 0.6) is 0 Å². The van der Waals surface area contributed by atoms with Crippen molar-refractivity contribution in [2.45, 2.75) is 52.9 Å². The molecule has 1 N–H and O–H groups in total. The van der Waals surface area contributed by atoms with Gasteiger partial charge in [-0.25, -0.2) is 9.59 Å². The highest BCUT2D eigenvalue weighted by atomic mass is 16.5. The molecule has 4 rings (SSSR count). The molecule has 2 aliphatic rings. The van der Waals surface area contributed by atoms with Crippen LogP contribution >= 0.6 is 0 Å². The van der Waals surface area contributed by atoms with Crippen LogP contribution in [0.3, 0.4) is 0 Å². The maximum atomic E-state index is 13.4. The highest BCUT2D eigenvalue weighted by Crippen LogP contribution is 2.52. The van der Waals surface area contributed by atoms with Crippen LogP contribution in [0.25, 0.3) is 0 Å². The van der Waals surface area contributed by atoms with Gasteiger partial charge in [-0.1, -0.05) is 12.1 Å². The molecule has 1 saturated carbocycles. The number of dihydropyridines is 1. The van der Waals surface area contributed by atoms with Crippen molar-refractivity contribution in [1.29, 1.82) is 0 Å². The molecule has 1 aliphatic heterocycles. The van der Waals surface area contributed by atoms with Gasteiger partial charge in [0.05, 0.1) is 36.9 Å². The van der Waals surface area contributed by atoms with Crippen LogP contribution < -0.4 is 5.32 Å². The Bertz CT molecular complexity index is 1180. The van der Waals surface area contributed by atoms with Crippen LogP contribution in [-0.2, 0) is 41.4 Å². The molecule has 2 atom stereocenters. The predicted octanol–water partition coefficient (Wildman–Crippen LogP) is 4.10. The lowest BCUT2D eigenvalue weighted by molar-refractivity contribution is -0.146. The van der Waals surface area contributed by atoms with E-state index in [1.165, 1.54) is 0 Å². The van der Waals surface area contributed by atoms with E-state index in [-0.39, 0.29) is 37.6 Å². The summed E-state index contributed by atoms with van der Waals surface area (Å²) in [5.41, 5.74) is 4.09. The molecule has 2 unspecified atom stereocenters. The summed E-state index contributed by atoms with van der Waals surface area (Å²) < 4.78 is 16.6. The van der Waals surface area contributed by atoms with Crippen LogP contribution in [0.15, 0.2) is 71.6 Å². The third kappa shape index (κ3) is 7.34. The zero-order chi connectivity index (χ0) is 28.5. The molecule has 0 aromatic carbocycles. The first-order valence-electron chi connectivity index (χ1n) is 13.9. The summed E-state index contributed by atoms with van der Waals surface area (Å²) in [6.45, 7) is 6.06. The zero-order valence-corrected chi connectivity index (χ0v) is 23.4. The van der Waals surface area contributed by atoms with E-state index in [1.807, 2.05) is 24.3 Å². The normalized spacial score (nSPS) is 18.7. The second kappa shape index (κ2) is 13.9. The number of allylic oxidation sites excluding steroid dienone is 2. The van der Waals surface area contributed by atoms with E-state index in [0.29, 0.717) is 41.8 Å². The average molecular weight is 548 g/mol. The molecule has 0 bridgehead atoms. The van der Waals surface area contributed by atoms with Crippen LogP contribution in [0.4, 0.5) is 0 Å². The summed E-state index contributed by atoms with van der Waals surface area (Å²) in [5, 5.41) is 3.18. The first-order valence-corrected chi connectivity index (χ1v) is 13.9. The lowest BCUT2D eigenvalue weighted by atomic mass is 9.81. The van der Waals surface area contributed by atoms with Gasteiger partial charge in [-0.3, -0.25) is 14.8 Å². The molecule has 0 amide bonds. The molecule has 9 nitrogen and oxygen atoms in total. The number of ether oxygens (including phenoxy) is 3. The van der Waals surface area contributed by atoms with Gasteiger partial charge < -0.3 is 19.5 Å². The largest absolute Gasteiger partial charge is 0.466 e. The van der Waals surface area contributed by atoms with Gasteiger partial charge in [0, 0.05) is 42.1 Å².